The highest BCUT2D eigenvalue weighted by atomic mass is 79.9. The molecule has 0 bridgehead atoms. The third-order valence-electron chi connectivity index (χ3n) is 2.62. The normalized spacial score (nSPS) is 10.8. The summed E-state index contributed by atoms with van der Waals surface area (Å²) in [5.74, 6) is 0. The molecule has 0 unspecified atom stereocenters. The summed E-state index contributed by atoms with van der Waals surface area (Å²) in [4.78, 5) is 0. The molecular formula is C13H16BrN3. The third-order valence-corrected chi connectivity index (χ3v) is 3.12. The molecule has 0 saturated carbocycles. The summed E-state index contributed by atoms with van der Waals surface area (Å²) in [5, 5.41) is 7.74. The lowest BCUT2D eigenvalue weighted by atomic mass is 10.2. The molecular weight excluding hydrogens is 278 g/mol. The average Bonchev–Trinajstić information content (AvgIpc) is 2.58. The number of nitrogens with one attached hydrogen (secondary N) is 1. The molecule has 90 valence electrons. The van der Waals surface area contributed by atoms with Crippen LogP contribution in [0.15, 0.2) is 34.8 Å². The number of aromatic nitrogens is 2. The van der Waals surface area contributed by atoms with Gasteiger partial charge in [0.25, 0.3) is 0 Å². The molecule has 0 aliphatic heterocycles. The van der Waals surface area contributed by atoms with Crippen LogP contribution in [-0.2, 0) is 20.1 Å². The molecule has 2 aromatic rings. The summed E-state index contributed by atoms with van der Waals surface area (Å²) in [6.45, 7) is 3.71. The first-order chi connectivity index (χ1) is 8.15. The predicted octanol–water partition coefficient (Wildman–Crippen LogP) is 2.78. The van der Waals surface area contributed by atoms with E-state index in [1.807, 2.05) is 24.7 Å². The van der Waals surface area contributed by atoms with E-state index in [1.54, 1.807) is 0 Å². The number of halogens is 1. The van der Waals surface area contributed by atoms with Gasteiger partial charge in [0, 0.05) is 24.6 Å². The van der Waals surface area contributed by atoms with Gasteiger partial charge in [-0.15, -0.1) is 0 Å². The number of nitrogens with zero attached hydrogens (tertiary/aromatic N) is 2. The lowest BCUT2D eigenvalue weighted by Gasteiger charge is -2.05. The minimum absolute atomic E-state index is 0.837. The zero-order chi connectivity index (χ0) is 12.3. The van der Waals surface area contributed by atoms with Crippen LogP contribution in [0.1, 0.15) is 17.0 Å². The van der Waals surface area contributed by atoms with Gasteiger partial charge in [-0.05, 0) is 30.7 Å². The van der Waals surface area contributed by atoms with E-state index in [-0.39, 0.29) is 0 Å². The van der Waals surface area contributed by atoms with E-state index < -0.39 is 0 Å². The number of benzene rings is 1. The van der Waals surface area contributed by atoms with Gasteiger partial charge in [0.1, 0.15) is 0 Å². The zero-order valence-corrected chi connectivity index (χ0v) is 11.7. The maximum atomic E-state index is 4.32. The molecule has 0 radical (unpaired) electrons. The van der Waals surface area contributed by atoms with Crippen LogP contribution < -0.4 is 5.32 Å². The van der Waals surface area contributed by atoms with Crippen LogP contribution in [0.4, 0.5) is 0 Å². The molecule has 0 aliphatic rings. The monoisotopic (exact) mass is 293 g/mol. The van der Waals surface area contributed by atoms with Gasteiger partial charge in [0.05, 0.1) is 11.4 Å². The zero-order valence-electron chi connectivity index (χ0n) is 10.1. The summed E-state index contributed by atoms with van der Waals surface area (Å²) in [6, 6.07) is 10.4. The molecule has 1 heterocycles. The summed E-state index contributed by atoms with van der Waals surface area (Å²) < 4.78 is 3.04. The van der Waals surface area contributed by atoms with Crippen molar-refractivity contribution in [2.75, 3.05) is 0 Å². The molecule has 0 fully saturated rings. The van der Waals surface area contributed by atoms with Crippen LogP contribution >= 0.6 is 15.9 Å². The Morgan fingerprint density at radius 3 is 2.76 bits per heavy atom. The van der Waals surface area contributed by atoms with E-state index in [2.05, 4.69) is 50.6 Å². The highest BCUT2D eigenvalue weighted by Gasteiger charge is 2.01. The van der Waals surface area contributed by atoms with Gasteiger partial charge in [-0.3, -0.25) is 4.68 Å². The highest BCUT2D eigenvalue weighted by molar-refractivity contribution is 9.10. The van der Waals surface area contributed by atoms with Crippen LogP contribution in [0, 0.1) is 6.92 Å². The summed E-state index contributed by atoms with van der Waals surface area (Å²) in [7, 11) is 1.98. The minimum atomic E-state index is 0.837. The van der Waals surface area contributed by atoms with Crippen LogP contribution in [0.5, 0.6) is 0 Å². The standard InChI is InChI=1S/C13H16BrN3/c1-10-6-13(17(2)16-10)9-15-8-11-4-3-5-12(14)7-11/h3-7,15H,8-9H2,1-2H3. The molecule has 1 aromatic carbocycles. The van der Waals surface area contributed by atoms with Crippen molar-refractivity contribution < 1.29 is 0 Å². The molecule has 0 amide bonds. The summed E-state index contributed by atoms with van der Waals surface area (Å²) in [6.07, 6.45) is 0. The maximum Gasteiger partial charge on any atom is 0.0597 e. The van der Waals surface area contributed by atoms with Crippen molar-refractivity contribution in [2.24, 2.45) is 7.05 Å². The van der Waals surface area contributed by atoms with Crippen LogP contribution in [0.2, 0.25) is 0 Å². The van der Waals surface area contributed by atoms with Gasteiger partial charge in [0.15, 0.2) is 0 Å². The van der Waals surface area contributed by atoms with Crippen molar-refractivity contribution in [3.63, 3.8) is 0 Å². The summed E-state index contributed by atoms with van der Waals surface area (Å²) >= 11 is 3.47. The minimum Gasteiger partial charge on any atom is -0.307 e. The van der Waals surface area contributed by atoms with Gasteiger partial charge in [-0.2, -0.15) is 5.10 Å². The molecule has 0 saturated heterocycles. The van der Waals surface area contributed by atoms with E-state index >= 15 is 0 Å². The quantitative estimate of drug-likeness (QED) is 0.939. The van der Waals surface area contributed by atoms with Gasteiger partial charge in [0.2, 0.25) is 0 Å². The van der Waals surface area contributed by atoms with Crippen LogP contribution in [0.25, 0.3) is 0 Å². The van der Waals surface area contributed by atoms with E-state index in [4.69, 9.17) is 0 Å². The smallest absolute Gasteiger partial charge is 0.0597 e. The van der Waals surface area contributed by atoms with E-state index in [0.717, 1.165) is 23.3 Å². The van der Waals surface area contributed by atoms with E-state index in [9.17, 15) is 0 Å². The van der Waals surface area contributed by atoms with Gasteiger partial charge in [-0.25, -0.2) is 0 Å². The van der Waals surface area contributed by atoms with Crippen molar-refractivity contribution >= 4 is 15.9 Å². The topological polar surface area (TPSA) is 29.9 Å². The largest absolute Gasteiger partial charge is 0.307 e. The first-order valence-electron chi connectivity index (χ1n) is 5.60. The Bertz CT molecular complexity index is 505. The second kappa shape index (κ2) is 5.47. The van der Waals surface area contributed by atoms with Gasteiger partial charge in [-0.1, -0.05) is 28.1 Å². The van der Waals surface area contributed by atoms with Crippen molar-refractivity contribution in [1.29, 1.82) is 0 Å². The first-order valence-corrected chi connectivity index (χ1v) is 6.39. The molecule has 0 aliphatic carbocycles. The highest BCUT2D eigenvalue weighted by Crippen LogP contribution is 2.11. The van der Waals surface area contributed by atoms with Crippen LogP contribution in [0.3, 0.4) is 0 Å². The molecule has 17 heavy (non-hydrogen) atoms. The second-order valence-electron chi connectivity index (χ2n) is 4.13. The number of hydrogen-bond acceptors (Lipinski definition) is 2. The second-order valence-corrected chi connectivity index (χ2v) is 5.05. The lowest BCUT2D eigenvalue weighted by Crippen LogP contribution is -2.15. The molecule has 0 atom stereocenters. The van der Waals surface area contributed by atoms with Gasteiger partial charge >= 0.3 is 0 Å². The fraction of sp³-hybridized carbons (Fsp3) is 0.308. The number of hydrogen-bond donors (Lipinski definition) is 1. The van der Waals surface area contributed by atoms with E-state index in [1.165, 1.54) is 11.3 Å². The molecule has 1 N–H and O–H groups in total. The average molecular weight is 294 g/mol. The Balaban J connectivity index is 1.89. The SMILES string of the molecule is Cc1cc(CNCc2cccc(Br)c2)n(C)n1. The number of rotatable bonds is 4. The maximum absolute atomic E-state index is 4.32. The fourth-order valence-corrected chi connectivity index (χ4v) is 2.26. The van der Waals surface area contributed by atoms with Gasteiger partial charge < -0.3 is 5.32 Å². The Morgan fingerprint density at radius 2 is 2.12 bits per heavy atom. The molecule has 2 rings (SSSR count). The van der Waals surface area contributed by atoms with Crippen molar-refractivity contribution in [3.05, 3.63) is 51.8 Å². The number of aryl methyl sites for hydroxylation is 2. The Morgan fingerprint density at radius 1 is 1.29 bits per heavy atom. The third kappa shape index (κ3) is 3.41. The molecule has 0 spiro atoms. The Kier molecular flexibility index (Phi) is 3.97. The van der Waals surface area contributed by atoms with Crippen LogP contribution in [-0.4, -0.2) is 9.78 Å². The van der Waals surface area contributed by atoms with Crippen molar-refractivity contribution in [3.8, 4) is 0 Å². The first kappa shape index (κ1) is 12.3. The Labute approximate surface area is 110 Å². The molecule has 1 aromatic heterocycles. The molecule has 4 heteroatoms. The van der Waals surface area contributed by atoms with Crippen molar-refractivity contribution in [1.82, 2.24) is 15.1 Å². The molecule has 3 nitrogen and oxygen atoms in total. The summed E-state index contributed by atoms with van der Waals surface area (Å²) in [5.41, 5.74) is 3.54. The van der Waals surface area contributed by atoms with Crippen molar-refractivity contribution in [2.45, 2.75) is 20.0 Å². The fourth-order valence-electron chi connectivity index (χ4n) is 1.81. The Hall–Kier alpha value is -1.13. The predicted molar refractivity (Wildman–Crippen MR) is 72.6 cm³/mol. The van der Waals surface area contributed by atoms with E-state index in [0.29, 0.717) is 0 Å². The lowest BCUT2D eigenvalue weighted by molar-refractivity contribution is 0.624.